The van der Waals surface area contributed by atoms with Crippen LogP contribution in [0.4, 0.5) is 4.39 Å². The summed E-state index contributed by atoms with van der Waals surface area (Å²) in [6.07, 6.45) is 2.09. The van der Waals surface area contributed by atoms with Crippen molar-refractivity contribution in [3.05, 3.63) is 35.6 Å². The Kier molecular flexibility index (Phi) is 7.80. The van der Waals surface area contributed by atoms with E-state index in [1.54, 1.807) is 31.0 Å². The second-order valence-electron chi connectivity index (χ2n) is 9.38. The van der Waals surface area contributed by atoms with E-state index in [0.29, 0.717) is 26.2 Å². The summed E-state index contributed by atoms with van der Waals surface area (Å²) in [5.41, 5.74) is 0.785. The Labute approximate surface area is 199 Å². The van der Waals surface area contributed by atoms with Gasteiger partial charge in [0.2, 0.25) is 17.7 Å². The standard InChI is InChI=1S/C24H34FN5O4/c1-15(26-2)22(31)28-20-12-29(19-13-34-14-19)10-9-18-7-8-21(30(18)24(20)33)23(32)27-11-16-3-5-17(25)6-4-16/h3-6,15,18-21,26H,7-14H2,1-2H3,(H,27,32)(H,28,31)/t15-,18+,20-,21-/m0/s1. The summed E-state index contributed by atoms with van der Waals surface area (Å²) in [5, 5.41) is 8.72. The van der Waals surface area contributed by atoms with Gasteiger partial charge in [-0.2, -0.15) is 0 Å². The molecule has 1 aromatic carbocycles. The third kappa shape index (κ3) is 5.39. The van der Waals surface area contributed by atoms with Crippen molar-refractivity contribution in [2.75, 3.05) is 33.4 Å². The molecule has 10 heteroatoms. The Hall–Kier alpha value is -2.56. The lowest BCUT2D eigenvalue weighted by molar-refractivity contribution is -0.147. The Balaban J connectivity index is 1.48. The smallest absolute Gasteiger partial charge is 0.247 e. The summed E-state index contributed by atoms with van der Waals surface area (Å²) in [6, 6.07) is 4.39. The van der Waals surface area contributed by atoms with Crippen LogP contribution < -0.4 is 16.0 Å². The summed E-state index contributed by atoms with van der Waals surface area (Å²) in [7, 11) is 1.69. The molecule has 3 saturated heterocycles. The summed E-state index contributed by atoms with van der Waals surface area (Å²) < 4.78 is 18.5. The number of halogens is 1. The van der Waals surface area contributed by atoms with Crippen molar-refractivity contribution in [3.8, 4) is 0 Å². The van der Waals surface area contributed by atoms with Crippen molar-refractivity contribution >= 4 is 17.7 Å². The quantitative estimate of drug-likeness (QED) is 0.513. The van der Waals surface area contributed by atoms with Crippen molar-refractivity contribution in [2.45, 2.75) is 62.9 Å². The van der Waals surface area contributed by atoms with Crippen LogP contribution in [0.5, 0.6) is 0 Å². The minimum absolute atomic E-state index is 0.0565. The number of likely N-dealkylation sites (N-methyl/N-ethyl adjacent to an activating group) is 1. The van der Waals surface area contributed by atoms with E-state index >= 15 is 0 Å². The molecule has 0 unspecified atom stereocenters. The first-order valence-corrected chi connectivity index (χ1v) is 12.0. The molecule has 1 aromatic rings. The molecule has 186 valence electrons. The number of carbonyl (C=O) groups is 3. The van der Waals surface area contributed by atoms with E-state index in [2.05, 4.69) is 20.9 Å². The molecular formula is C24H34FN5O4. The molecule has 0 radical (unpaired) electrons. The van der Waals surface area contributed by atoms with Gasteiger partial charge in [0.05, 0.1) is 25.3 Å². The van der Waals surface area contributed by atoms with E-state index in [4.69, 9.17) is 4.74 Å². The van der Waals surface area contributed by atoms with Gasteiger partial charge in [0, 0.05) is 25.7 Å². The molecule has 0 saturated carbocycles. The Morgan fingerprint density at radius 2 is 1.88 bits per heavy atom. The average molecular weight is 476 g/mol. The van der Waals surface area contributed by atoms with Gasteiger partial charge in [0.1, 0.15) is 17.9 Å². The number of ether oxygens (including phenoxy) is 1. The number of benzene rings is 1. The van der Waals surface area contributed by atoms with Gasteiger partial charge in [-0.05, 0) is 50.9 Å². The van der Waals surface area contributed by atoms with E-state index in [1.165, 1.54) is 12.1 Å². The Morgan fingerprint density at radius 1 is 1.15 bits per heavy atom. The molecule has 9 nitrogen and oxygen atoms in total. The highest BCUT2D eigenvalue weighted by Crippen LogP contribution is 2.30. The maximum Gasteiger partial charge on any atom is 0.247 e. The number of hydrogen-bond donors (Lipinski definition) is 3. The maximum atomic E-state index is 13.7. The largest absolute Gasteiger partial charge is 0.378 e. The molecule has 3 aliphatic rings. The van der Waals surface area contributed by atoms with Gasteiger partial charge in [-0.3, -0.25) is 19.3 Å². The maximum absolute atomic E-state index is 13.7. The van der Waals surface area contributed by atoms with Crippen molar-refractivity contribution in [3.63, 3.8) is 0 Å². The van der Waals surface area contributed by atoms with Crippen LogP contribution in [-0.4, -0.2) is 91.1 Å². The zero-order chi connectivity index (χ0) is 24.2. The normalized spacial score (nSPS) is 26.7. The lowest BCUT2D eigenvalue weighted by atomic mass is 10.0. The molecule has 0 spiro atoms. The number of amides is 3. The number of hydrogen-bond acceptors (Lipinski definition) is 6. The van der Waals surface area contributed by atoms with Gasteiger partial charge in [0.15, 0.2) is 0 Å². The van der Waals surface area contributed by atoms with Gasteiger partial charge in [0.25, 0.3) is 0 Å². The van der Waals surface area contributed by atoms with Crippen LogP contribution in [0.1, 0.15) is 31.7 Å². The van der Waals surface area contributed by atoms with Crippen LogP contribution >= 0.6 is 0 Å². The topological polar surface area (TPSA) is 103 Å². The molecule has 4 atom stereocenters. The van der Waals surface area contributed by atoms with Gasteiger partial charge >= 0.3 is 0 Å². The zero-order valence-electron chi connectivity index (χ0n) is 19.8. The number of nitrogens with one attached hydrogen (secondary N) is 3. The summed E-state index contributed by atoms with van der Waals surface area (Å²) >= 11 is 0. The van der Waals surface area contributed by atoms with Crippen LogP contribution in [0.3, 0.4) is 0 Å². The molecule has 0 aromatic heterocycles. The highest BCUT2D eigenvalue weighted by molar-refractivity contribution is 5.94. The molecule has 4 rings (SSSR count). The molecule has 0 aliphatic carbocycles. The molecule has 3 heterocycles. The summed E-state index contributed by atoms with van der Waals surface area (Å²) in [4.78, 5) is 43.4. The highest BCUT2D eigenvalue weighted by Gasteiger charge is 2.46. The highest BCUT2D eigenvalue weighted by atomic mass is 19.1. The third-order valence-corrected chi connectivity index (χ3v) is 7.18. The van der Waals surface area contributed by atoms with Crippen molar-refractivity contribution in [1.82, 2.24) is 25.8 Å². The van der Waals surface area contributed by atoms with Crippen molar-refractivity contribution in [2.24, 2.45) is 0 Å². The third-order valence-electron chi connectivity index (χ3n) is 7.18. The monoisotopic (exact) mass is 475 g/mol. The van der Waals surface area contributed by atoms with Gasteiger partial charge < -0.3 is 25.6 Å². The SMILES string of the molecule is CN[C@@H](C)C(=O)N[C@H]1CN(C2COC2)CC[C@H]2CC[C@@H](C(=O)NCc3ccc(F)cc3)N2C1=O. The van der Waals surface area contributed by atoms with E-state index in [1.807, 2.05) is 0 Å². The number of fused-ring (bicyclic) bond motifs is 1. The average Bonchev–Trinajstić information content (AvgIpc) is 3.22. The van der Waals surface area contributed by atoms with Gasteiger partial charge in [-0.1, -0.05) is 12.1 Å². The second-order valence-corrected chi connectivity index (χ2v) is 9.38. The molecule has 3 amide bonds. The number of rotatable bonds is 7. The first-order chi connectivity index (χ1) is 16.4. The van der Waals surface area contributed by atoms with Crippen LogP contribution in [0.2, 0.25) is 0 Å². The minimum atomic E-state index is -0.739. The fourth-order valence-corrected chi connectivity index (χ4v) is 4.87. The van der Waals surface area contributed by atoms with Crippen molar-refractivity contribution in [1.29, 1.82) is 0 Å². The summed E-state index contributed by atoms with van der Waals surface area (Å²) in [6.45, 7) is 4.43. The van der Waals surface area contributed by atoms with E-state index in [0.717, 1.165) is 24.9 Å². The Morgan fingerprint density at radius 3 is 2.53 bits per heavy atom. The van der Waals surface area contributed by atoms with E-state index < -0.39 is 18.1 Å². The van der Waals surface area contributed by atoms with E-state index in [-0.39, 0.29) is 42.2 Å². The zero-order valence-corrected chi connectivity index (χ0v) is 19.8. The van der Waals surface area contributed by atoms with Gasteiger partial charge in [-0.25, -0.2) is 4.39 Å². The molecule has 0 bridgehead atoms. The molecule has 3 aliphatic heterocycles. The molecular weight excluding hydrogens is 441 g/mol. The number of nitrogens with zero attached hydrogens (tertiary/aromatic N) is 2. The fourth-order valence-electron chi connectivity index (χ4n) is 4.87. The Bertz CT molecular complexity index is 894. The lowest BCUT2D eigenvalue weighted by Gasteiger charge is -2.43. The van der Waals surface area contributed by atoms with Gasteiger partial charge in [-0.15, -0.1) is 0 Å². The first-order valence-electron chi connectivity index (χ1n) is 12.0. The second kappa shape index (κ2) is 10.8. The fraction of sp³-hybridized carbons (Fsp3) is 0.625. The van der Waals surface area contributed by atoms with Crippen LogP contribution in [0.15, 0.2) is 24.3 Å². The van der Waals surface area contributed by atoms with Crippen LogP contribution in [-0.2, 0) is 25.7 Å². The molecule has 3 N–H and O–H groups in total. The number of carbonyl (C=O) groups excluding carboxylic acids is 3. The summed E-state index contributed by atoms with van der Waals surface area (Å²) in [5.74, 6) is -1.02. The predicted octanol–water partition coefficient (Wildman–Crippen LogP) is -0.00130. The van der Waals surface area contributed by atoms with Crippen molar-refractivity contribution < 1.29 is 23.5 Å². The minimum Gasteiger partial charge on any atom is -0.378 e. The molecule has 34 heavy (non-hydrogen) atoms. The predicted molar refractivity (Wildman–Crippen MR) is 123 cm³/mol. The lowest BCUT2D eigenvalue weighted by Crippen LogP contribution is -2.64. The first kappa shape index (κ1) is 24.6. The van der Waals surface area contributed by atoms with Crippen LogP contribution in [0, 0.1) is 5.82 Å². The van der Waals surface area contributed by atoms with E-state index in [9.17, 15) is 18.8 Å². The molecule has 3 fully saturated rings. The van der Waals surface area contributed by atoms with Crippen LogP contribution in [0.25, 0.3) is 0 Å².